The van der Waals surface area contributed by atoms with E-state index in [9.17, 15) is 19.2 Å². The Balaban J connectivity index is 1.34. The Hall–Kier alpha value is -3.42. The molecule has 1 heterocycles. The van der Waals surface area contributed by atoms with Gasteiger partial charge in [0.1, 0.15) is 12.1 Å². The Morgan fingerprint density at radius 3 is 2.60 bits per heavy atom. The van der Waals surface area contributed by atoms with Crippen molar-refractivity contribution >= 4 is 40.3 Å². The number of hydrogen-bond acceptors (Lipinski definition) is 5. The van der Waals surface area contributed by atoms with Crippen LogP contribution in [0.15, 0.2) is 42.5 Å². The van der Waals surface area contributed by atoms with Crippen LogP contribution >= 0.6 is 0 Å². The summed E-state index contributed by atoms with van der Waals surface area (Å²) >= 11 is 0. The fourth-order valence-electron chi connectivity index (χ4n) is 3.72. The number of hydrogen-bond donors (Lipinski definition) is 2. The van der Waals surface area contributed by atoms with Crippen molar-refractivity contribution in [1.29, 1.82) is 0 Å². The topological polar surface area (TPSA) is 105 Å². The van der Waals surface area contributed by atoms with Crippen LogP contribution in [0.1, 0.15) is 26.7 Å². The van der Waals surface area contributed by atoms with E-state index < -0.39 is 42.0 Å². The minimum atomic E-state index is -1.08. The van der Waals surface area contributed by atoms with Gasteiger partial charge in [-0.2, -0.15) is 0 Å². The van der Waals surface area contributed by atoms with Crippen molar-refractivity contribution in [2.75, 3.05) is 11.9 Å². The van der Waals surface area contributed by atoms with Crippen LogP contribution in [0.4, 0.5) is 10.5 Å². The lowest BCUT2D eigenvalue weighted by atomic mass is 9.96. The van der Waals surface area contributed by atoms with Gasteiger partial charge in [-0.1, -0.05) is 30.3 Å². The van der Waals surface area contributed by atoms with Gasteiger partial charge in [0.05, 0.1) is 0 Å². The summed E-state index contributed by atoms with van der Waals surface area (Å²) in [4.78, 5) is 50.2. The van der Waals surface area contributed by atoms with Crippen molar-refractivity contribution in [3.63, 3.8) is 0 Å². The van der Waals surface area contributed by atoms with Crippen LogP contribution in [-0.4, -0.2) is 46.9 Å². The molecule has 1 aliphatic heterocycles. The molecule has 0 spiro atoms. The van der Waals surface area contributed by atoms with E-state index >= 15 is 0 Å². The summed E-state index contributed by atoms with van der Waals surface area (Å²) in [6.45, 7) is 2.59. The van der Waals surface area contributed by atoms with Crippen LogP contribution in [-0.2, 0) is 19.1 Å². The normalized spacial score (nSPS) is 22.0. The lowest BCUT2D eigenvalue weighted by Crippen LogP contribution is -2.46. The van der Waals surface area contributed by atoms with Gasteiger partial charge in [-0.25, -0.2) is 4.79 Å². The highest BCUT2D eigenvalue weighted by Gasteiger charge is 2.56. The summed E-state index contributed by atoms with van der Waals surface area (Å²) in [5.41, 5.74) is -0.382. The number of nitrogens with one attached hydrogen (secondary N) is 2. The molecule has 2 aromatic carbocycles. The first-order chi connectivity index (χ1) is 14.3. The van der Waals surface area contributed by atoms with Crippen LogP contribution in [0.25, 0.3) is 10.8 Å². The number of imide groups is 1. The summed E-state index contributed by atoms with van der Waals surface area (Å²) in [6.07, 6.45) is 0.652. The molecule has 8 nitrogen and oxygen atoms in total. The molecule has 1 saturated heterocycles. The van der Waals surface area contributed by atoms with Gasteiger partial charge in [0.25, 0.3) is 11.8 Å². The van der Waals surface area contributed by atoms with Crippen molar-refractivity contribution < 1.29 is 23.9 Å². The van der Waals surface area contributed by atoms with Crippen LogP contribution in [0.5, 0.6) is 0 Å². The largest absolute Gasteiger partial charge is 0.451 e. The molecule has 0 unspecified atom stereocenters. The molecule has 8 heteroatoms. The molecule has 1 saturated carbocycles. The Labute approximate surface area is 173 Å². The Morgan fingerprint density at radius 1 is 1.20 bits per heavy atom. The zero-order valence-electron chi connectivity index (χ0n) is 16.8. The summed E-state index contributed by atoms with van der Waals surface area (Å²) in [6, 6.07) is 12.6. The van der Waals surface area contributed by atoms with Gasteiger partial charge in [0.2, 0.25) is 0 Å². The summed E-state index contributed by atoms with van der Waals surface area (Å²) in [7, 11) is 0. The van der Waals surface area contributed by atoms with Crippen molar-refractivity contribution in [3.8, 4) is 0 Å². The first-order valence-corrected chi connectivity index (χ1v) is 9.91. The highest BCUT2D eigenvalue weighted by molar-refractivity contribution is 6.09. The minimum absolute atomic E-state index is 0.0987. The SMILES string of the molecule is C[C@@H](OC(=O)CN1C(=O)N[C@](C)(C2CC2)C1=O)C(=O)Nc1ccc2ccccc2c1. The molecule has 2 atom stereocenters. The molecule has 156 valence electrons. The number of ether oxygens (including phenoxy) is 1. The molecule has 4 rings (SSSR count). The third-order valence-corrected chi connectivity index (χ3v) is 5.68. The molecule has 30 heavy (non-hydrogen) atoms. The number of rotatable bonds is 6. The van der Waals surface area contributed by atoms with E-state index in [4.69, 9.17) is 4.74 Å². The zero-order chi connectivity index (χ0) is 21.5. The highest BCUT2D eigenvalue weighted by atomic mass is 16.5. The number of urea groups is 1. The van der Waals surface area contributed by atoms with Gasteiger partial charge in [0, 0.05) is 5.69 Å². The van der Waals surface area contributed by atoms with Gasteiger partial charge in [-0.15, -0.1) is 0 Å². The van der Waals surface area contributed by atoms with E-state index in [-0.39, 0.29) is 5.92 Å². The standard InChI is InChI=1S/C22H23N3O5/c1-13(19(27)23-17-10-7-14-5-3-4-6-15(14)11-17)30-18(26)12-25-20(28)22(2,16-8-9-16)24-21(25)29/h3-7,10-11,13,16H,8-9,12H2,1-2H3,(H,23,27)(H,24,29)/t13-,22-/m1/s1. The number of anilines is 1. The quantitative estimate of drug-likeness (QED) is 0.563. The van der Waals surface area contributed by atoms with Crippen LogP contribution in [0.3, 0.4) is 0 Å². The van der Waals surface area contributed by atoms with Crippen LogP contribution < -0.4 is 10.6 Å². The van der Waals surface area contributed by atoms with Crippen molar-refractivity contribution in [3.05, 3.63) is 42.5 Å². The maximum Gasteiger partial charge on any atom is 0.327 e. The summed E-state index contributed by atoms with van der Waals surface area (Å²) in [5, 5.41) is 7.39. The second-order valence-electron chi connectivity index (χ2n) is 7.98. The average molecular weight is 409 g/mol. The predicted molar refractivity (Wildman–Crippen MR) is 110 cm³/mol. The summed E-state index contributed by atoms with van der Waals surface area (Å²) in [5.74, 6) is -1.65. The maximum absolute atomic E-state index is 12.6. The van der Waals surface area contributed by atoms with E-state index in [1.807, 2.05) is 36.4 Å². The summed E-state index contributed by atoms with van der Waals surface area (Å²) < 4.78 is 5.15. The van der Waals surface area contributed by atoms with Crippen molar-refractivity contribution in [2.45, 2.75) is 38.3 Å². The molecule has 2 aliphatic rings. The molecular formula is C22H23N3O5. The lowest BCUT2D eigenvalue weighted by molar-refractivity contribution is -0.155. The number of nitrogens with zero attached hydrogens (tertiary/aromatic N) is 1. The molecule has 0 aromatic heterocycles. The molecule has 2 fully saturated rings. The van der Waals surface area contributed by atoms with Gasteiger partial charge in [0.15, 0.2) is 6.10 Å². The Bertz CT molecular complexity index is 1050. The predicted octanol–water partition coefficient (Wildman–Crippen LogP) is 2.43. The number of fused-ring (bicyclic) bond motifs is 1. The second-order valence-corrected chi connectivity index (χ2v) is 7.98. The molecule has 1 aliphatic carbocycles. The average Bonchev–Trinajstić information content (AvgIpc) is 3.54. The van der Waals surface area contributed by atoms with Crippen LogP contribution in [0, 0.1) is 5.92 Å². The number of amides is 4. The van der Waals surface area contributed by atoms with E-state index in [0.717, 1.165) is 28.5 Å². The molecule has 4 amide bonds. The van der Waals surface area contributed by atoms with Gasteiger partial charge in [-0.3, -0.25) is 19.3 Å². The first-order valence-electron chi connectivity index (χ1n) is 9.91. The third-order valence-electron chi connectivity index (χ3n) is 5.68. The van der Waals surface area contributed by atoms with Gasteiger partial charge >= 0.3 is 12.0 Å². The van der Waals surface area contributed by atoms with E-state index in [1.165, 1.54) is 6.92 Å². The number of benzene rings is 2. The number of carbonyl (C=O) groups is 4. The molecule has 2 aromatic rings. The fourth-order valence-corrected chi connectivity index (χ4v) is 3.72. The fraction of sp³-hybridized carbons (Fsp3) is 0.364. The number of esters is 1. The highest BCUT2D eigenvalue weighted by Crippen LogP contribution is 2.42. The van der Waals surface area contributed by atoms with Crippen molar-refractivity contribution in [2.24, 2.45) is 5.92 Å². The minimum Gasteiger partial charge on any atom is -0.451 e. The second kappa shape index (κ2) is 7.44. The third kappa shape index (κ3) is 3.72. The van der Waals surface area contributed by atoms with E-state index in [0.29, 0.717) is 5.69 Å². The number of carbonyl (C=O) groups excluding carboxylic acids is 4. The maximum atomic E-state index is 12.6. The molecule has 0 radical (unpaired) electrons. The van der Waals surface area contributed by atoms with Gasteiger partial charge < -0.3 is 15.4 Å². The molecule has 0 bridgehead atoms. The van der Waals surface area contributed by atoms with Gasteiger partial charge in [-0.05, 0) is 55.5 Å². The van der Waals surface area contributed by atoms with E-state index in [2.05, 4.69) is 10.6 Å². The van der Waals surface area contributed by atoms with E-state index in [1.54, 1.807) is 13.0 Å². The Morgan fingerprint density at radius 2 is 1.90 bits per heavy atom. The van der Waals surface area contributed by atoms with Crippen molar-refractivity contribution in [1.82, 2.24) is 10.2 Å². The Kier molecular flexibility index (Phi) is 4.93. The zero-order valence-corrected chi connectivity index (χ0v) is 16.8. The first kappa shape index (κ1) is 19.9. The molecule has 2 N–H and O–H groups in total. The van der Waals surface area contributed by atoms with Crippen LogP contribution in [0.2, 0.25) is 0 Å². The molecular weight excluding hydrogens is 386 g/mol. The smallest absolute Gasteiger partial charge is 0.327 e. The lowest BCUT2D eigenvalue weighted by Gasteiger charge is -2.21. The monoisotopic (exact) mass is 409 g/mol.